The van der Waals surface area contributed by atoms with Gasteiger partial charge in [-0.3, -0.25) is 9.62 Å². The Kier molecular flexibility index (Phi) is 9.08. The zero-order valence-corrected chi connectivity index (χ0v) is 23.3. The zero-order valence-electron chi connectivity index (χ0n) is 20.9. The number of nitrogens with zero attached hydrogens (tertiary/aromatic N) is 2. The predicted molar refractivity (Wildman–Crippen MR) is 142 cm³/mol. The van der Waals surface area contributed by atoms with Crippen LogP contribution in [0, 0.1) is 17.0 Å². The van der Waals surface area contributed by atoms with Gasteiger partial charge in [-0.25, -0.2) is 27.0 Å². The number of hydrogen-bond donors (Lipinski definition) is 4. The number of carbonyl (C=O) groups is 1. The first-order valence-electron chi connectivity index (χ1n) is 11.8. The molecule has 0 saturated carbocycles. The van der Waals surface area contributed by atoms with Crippen molar-refractivity contribution in [3.63, 3.8) is 0 Å². The number of aliphatic carboxylic acids is 1. The van der Waals surface area contributed by atoms with Gasteiger partial charge in [-0.15, -0.1) is 11.3 Å². The SMILES string of the molecule is O=C(O)C(F)(F)F.O=S(=O)(Nc1cscn1)c1c(F)cc(NCc2c(Cl)cccc2CN2CC3(CNC3)C2)cc1F. The lowest BCUT2D eigenvalue weighted by molar-refractivity contribution is -0.192. The number of sulfonamides is 1. The smallest absolute Gasteiger partial charge is 0.475 e. The standard InChI is InChI=1S/C22H22ClF2N5O2S2.C2HF3O2/c23-17-3-1-2-14(7-30-11-22(12-30)9-26-10-22)16(17)6-27-15-4-18(24)21(19(25)5-15)34(31,32)29-20-8-33-13-28-20;3-2(4,5)1(6)7/h1-5,8,13,26-27,29H,6-7,9-12H2;(H,6,7). The summed E-state index contributed by atoms with van der Waals surface area (Å²) in [7, 11) is -4.47. The Labute approximate surface area is 240 Å². The van der Waals surface area contributed by atoms with E-state index in [1.54, 1.807) is 6.07 Å². The quantitative estimate of drug-likeness (QED) is 0.265. The van der Waals surface area contributed by atoms with Gasteiger partial charge in [-0.05, 0) is 29.3 Å². The maximum atomic E-state index is 14.7. The zero-order chi connectivity index (χ0) is 30.0. The van der Waals surface area contributed by atoms with Gasteiger partial charge in [0.25, 0.3) is 10.0 Å². The van der Waals surface area contributed by atoms with E-state index >= 15 is 0 Å². The maximum absolute atomic E-state index is 14.7. The van der Waals surface area contributed by atoms with Crippen LogP contribution >= 0.6 is 22.9 Å². The van der Waals surface area contributed by atoms with Crippen molar-refractivity contribution in [3.05, 3.63) is 69.0 Å². The minimum Gasteiger partial charge on any atom is -0.475 e. The highest BCUT2D eigenvalue weighted by Gasteiger charge is 2.47. The maximum Gasteiger partial charge on any atom is 0.490 e. The number of benzene rings is 2. The highest BCUT2D eigenvalue weighted by Crippen LogP contribution is 2.36. The molecule has 0 atom stereocenters. The van der Waals surface area contributed by atoms with Gasteiger partial charge < -0.3 is 15.7 Å². The van der Waals surface area contributed by atoms with Gasteiger partial charge in [-0.1, -0.05) is 23.7 Å². The van der Waals surface area contributed by atoms with Gasteiger partial charge in [0.1, 0.15) is 11.6 Å². The molecular weight excluding hydrogens is 617 g/mol. The van der Waals surface area contributed by atoms with Gasteiger partial charge in [0.2, 0.25) is 0 Å². The molecule has 0 amide bonds. The van der Waals surface area contributed by atoms with Crippen molar-refractivity contribution in [2.45, 2.75) is 24.2 Å². The van der Waals surface area contributed by atoms with Crippen molar-refractivity contribution in [2.24, 2.45) is 5.41 Å². The third-order valence-electron chi connectivity index (χ3n) is 6.38. The Morgan fingerprint density at radius 1 is 1.20 bits per heavy atom. The van der Waals surface area contributed by atoms with Crippen LogP contribution in [-0.4, -0.2) is 61.7 Å². The lowest BCUT2D eigenvalue weighted by Gasteiger charge is -2.56. The summed E-state index contributed by atoms with van der Waals surface area (Å²) in [6, 6.07) is 7.57. The molecule has 3 heterocycles. The monoisotopic (exact) mass is 639 g/mol. The second-order valence-corrected chi connectivity index (χ2v) is 12.3. The number of hydrogen-bond acceptors (Lipinski definition) is 8. The number of halogens is 6. The summed E-state index contributed by atoms with van der Waals surface area (Å²) < 4.78 is 88.1. The first-order chi connectivity index (χ1) is 19.2. The molecule has 2 aliphatic heterocycles. The molecule has 2 fully saturated rings. The Bertz CT molecular complexity index is 1490. The van der Waals surface area contributed by atoms with Crippen molar-refractivity contribution in [1.29, 1.82) is 0 Å². The van der Waals surface area contributed by atoms with E-state index in [0.717, 1.165) is 67.3 Å². The predicted octanol–water partition coefficient (Wildman–Crippen LogP) is 4.53. The number of aromatic nitrogens is 1. The first kappa shape index (κ1) is 30.9. The van der Waals surface area contributed by atoms with E-state index in [0.29, 0.717) is 10.4 Å². The normalized spacial score (nSPS) is 16.2. The molecule has 41 heavy (non-hydrogen) atoms. The lowest BCUT2D eigenvalue weighted by Crippen LogP contribution is -2.70. The molecule has 0 aliphatic carbocycles. The molecule has 222 valence electrons. The number of carboxylic acids is 1. The van der Waals surface area contributed by atoms with Crippen LogP contribution in [0.15, 0.2) is 46.1 Å². The number of nitrogens with one attached hydrogen (secondary N) is 3. The van der Waals surface area contributed by atoms with Crippen LogP contribution in [0.1, 0.15) is 11.1 Å². The fourth-order valence-electron chi connectivity index (χ4n) is 4.47. The van der Waals surface area contributed by atoms with Crippen LogP contribution in [0.25, 0.3) is 0 Å². The second-order valence-electron chi connectivity index (χ2n) is 9.53. The fraction of sp³-hybridized carbons (Fsp3) is 0.333. The van der Waals surface area contributed by atoms with Gasteiger partial charge in [-0.2, -0.15) is 13.2 Å². The molecule has 2 aliphatic rings. The molecule has 0 radical (unpaired) electrons. The summed E-state index contributed by atoms with van der Waals surface area (Å²) in [6.07, 6.45) is -5.08. The van der Waals surface area contributed by atoms with Crippen molar-refractivity contribution < 1.29 is 40.3 Å². The number of likely N-dealkylation sites (tertiary alicyclic amines) is 1. The Balaban J connectivity index is 0.000000493. The van der Waals surface area contributed by atoms with Crippen LogP contribution < -0.4 is 15.4 Å². The molecule has 4 N–H and O–H groups in total. The summed E-state index contributed by atoms with van der Waals surface area (Å²) in [5.41, 5.74) is 3.79. The van der Waals surface area contributed by atoms with E-state index in [1.165, 1.54) is 10.9 Å². The van der Waals surface area contributed by atoms with Gasteiger partial charge >= 0.3 is 12.1 Å². The molecule has 1 aromatic heterocycles. The van der Waals surface area contributed by atoms with Crippen LogP contribution in [0.5, 0.6) is 0 Å². The fourth-order valence-corrected chi connectivity index (χ4v) is 6.41. The highest BCUT2D eigenvalue weighted by atomic mass is 35.5. The third kappa shape index (κ3) is 7.43. The van der Waals surface area contributed by atoms with Crippen molar-refractivity contribution in [2.75, 3.05) is 36.2 Å². The van der Waals surface area contributed by atoms with E-state index in [9.17, 15) is 30.4 Å². The summed E-state index contributed by atoms with van der Waals surface area (Å²) in [5.74, 6) is -5.17. The van der Waals surface area contributed by atoms with Crippen molar-refractivity contribution in [1.82, 2.24) is 15.2 Å². The summed E-state index contributed by atoms with van der Waals surface area (Å²) in [6.45, 7) is 5.13. The van der Waals surface area contributed by atoms with Crippen molar-refractivity contribution in [3.8, 4) is 0 Å². The second kappa shape index (κ2) is 12.1. The molecule has 2 aromatic carbocycles. The Morgan fingerprint density at radius 3 is 2.34 bits per heavy atom. The summed E-state index contributed by atoms with van der Waals surface area (Å²) >= 11 is 7.59. The van der Waals surface area contributed by atoms with E-state index in [-0.39, 0.29) is 18.1 Å². The molecule has 0 unspecified atom stereocenters. The minimum atomic E-state index is -5.08. The third-order valence-corrected chi connectivity index (χ3v) is 8.72. The van der Waals surface area contributed by atoms with E-state index in [1.807, 2.05) is 12.1 Å². The van der Waals surface area contributed by atoms with Gasteiger partial charge in [0.05, 0.1) is 5.51 Å². The lowest BCUT2D eigenvalue weighted by atomic mass is 9.74. The van der Waals surface area contributed by atoms with E-state index in [2.05, 4.69) is 25.2 Å². The van der Waals surface area contributed by atoms with Gasteiger partial charge in [0.15, 0.2) is 10.7 Å². The number of rotatable bonds is 8. The summed E-state index contributed by atoms with van der Waals surface area (Å²) in [4.78, 5) is 14.0. The average Bonchev–Trinajstić information content (AvgIpc) is 3.30. The van der Waals surface area contributed by atoms with Gasteiger partial charge in [0, 0.05) is 60.8 Å². The number of thiazole rings is 1. The molecule has 1 spiro atoms. The molecular formula is C24H23ClF5N5O4S2. The van der Waals surface area contributed by atoms with Crippen LogP contribution in [-0.2, 0) is 27.9 Å². The van der Waals surface area contributed by atoms with E-state index in [4.69, 9.17) is 21.5 Å². The first-order valence-corrected chi connectivity index (χ1v) is 14.6. The Morgan fingerprint density at radius 2 is 1.83 bits per heavy atom. The highest BCUT2D eigenvalue weighted by molar-refractivity contribution is 7.92. The molecule has 9 nitrogen and oxygen atoms in total. The Hall–Kier alpha value is -3.05. The van der Waals surface area contributed by atoms with Crippen LogP contribution in [0.2, 0.25) is 5.02 Å². The molecule has 5 rings (SSSR count). The number of alkyl halides is 3. The molecule has 3 aromatic rings. The topological polar surface area (TPSA) is 124 Å². The van der Waals surface area contributed by atoms with Crippen LogP contribution in [0.4, 0.5) is 33.5 Å². The molecule has 2 saturated heterocycles. The molecule has 17 heteroatoms. The van der Waals surface area contributed by atoms with Crippen LogP contribution in [0.3, 0.4) is 0 Å². The van der Waals surface area contributed by atoms with E-state index < -0.39 is 38.7 Å². The average molecular weight is 640 g/mol. The number of carboxylic acid groups (broad SMARTS) is 1. The minimum absolute atomic E-state index is 0.000977. The molecule has 0 bridgehead atoms. The van der Waals surface area contributed by atoms with Crippen molar-refractivity contribution >= 4 is 50.4 Å². The number of anilines is 2. The largest absolute Gasteiger partial charge is 0.490 e. The summed E-state index contributed by atoms with van der Waals surface area (Å²) in [5, 5.41) is 15.4.